The van der Waals surface area contributed by atoms with Gasteiger partial charge in [-0.3, -0.25) is 0 Å². The number of sulfonamides is 1. The molecule has 0 aliphatic carbocycles. The summed E-state index contributed by atoms with van der Waals surface area (Å²) in [6.45, 7) is 2.46. The third-order valence-electron chi connectivity index (χ3n) is 3.35. The minimum Gasteiger partial charge on any atom is -0.506 e. The Morgan fingerprint density at radius 3 is 2.72 bits per heavy atom. The van der Waals surface area contributed by atoms with Crippen LogP contribution < -0.4 is 5.73 Å². The van der Waals surface area contributed by atoms with Crippen LogP contribution in [0.2, 0.25) is 0 Å². The molecule has 0 spiro atoms. The number of rotatable bonds is 2. The SMILES string of the molecule is CC1CCCCN1S(=O)(=O)c1ccc(O)c(N)c1. The minimum atomic E-state index is -3.51. The van der Waals surface area contributed by atoms with Gasteiger partial charge in [0.05, 0.1) is 10.6 Å². The number of nitrogen functional groups attached to an aromatic ring is 1. The minimum absolute atomic E-state index is 0.0128. The molecule has 3 N–H and O–H groups in total. The molecule has 2 rings (SSSR count). The van der Waals surface area contributed by atoms with Crippen LogP contribution in [0.4, 0.5) is 5.69 Å². The predicted molar refractivity (Wildman–Crippen MR) is 69.7 cm³/mol. The van der Waals surface area contributed by atoms with E-state index >= 15 is 0 Å². The number of nitrogens with two attached hydrogens (primary N) is 1. The molecular formula is C12H18N2O3S. The number of anilines is 1. The number of benzene rings is 1. The lowest BCUT2D eigenvalue weighted by molar-refractivity contribution is 0.268. The number of aromatic hydroxyl groups is 1. The van der Waals surface area contributed by atoms with Crippen molar-refractivity contribution in [1.82, 2.24) is 4.31 Å². The number of phenolic OH excluding ortho intramolecular Hbond substituents is 1. The maximum Gasteiger partial charge on any atom is 0.243 e. The van der Waals surface area contributed by atoms with Gasteiger partial charge in [-0.25, -0.2) is 8.42 Å². The smallest absolute Gasteiger partial charge is 0.243 e. The van der Waals surface area contributed by atoms with Crippen molar-refractivity contribution in [1.29, 1.82) is 0 Å². The quantitative estimate of drug-likeness (QED) is 0.630. The lowest BCUT2D eigenvalue weighted by Crippen LogP contribution is -2.41. The summed E-state index contributed by atoms with van der Waals surface area (Å²) in [7, 11) is -3.51. The van der Waals surface area contributed by atoms with E-state index in [1.807, 2.05) is 6.92 Å². The molecule has 0 amide bonds. The van der Waals surface area contributed by atoms with E-state index in [0.29, 0.717) is 6.54 Å². The number of phenols is 1. The summed E-state index contributed by atoms with van der Waals surface area (Å²) in [5, 5.41) is 9.34. The molecule has 0 radical (unpaired) electrons. The van der Waals surface area contributed by atoms with Crippen LogP contribution in [-0.4, -0.2) is 30.4 Å². The van der Waals surface area contributed by atoms with Gasteiger partial charge in [0.15, 0.2) is 0 Å². The Kier molecular flexibility index (Phi) is 3.49. The molecule has 1 atom stereocenters. The van der Waals surface area contributed by atoms with Crippen LogP contribution in [0.5, 0.6) is 5.75 Å². The summed E-state index contributed by atoms with van der Waals surface area (Å²) < 4.78 is 26.4. The first-order valence-corrected chi connectivity index (χ1v) is 7.47. The molecule has 0 saturated carbocycles. The van der Waals surface area contributed by atoms with Gasteiger partial charge in [-0.15, -0.1) is 0 Å². The second-order valence-corrected chi connectivity index (χ2v) is 6.57. The van der Waals surface area contributed by atoms with Crippen LogP contribution in [0.3, 0.4) is 0 Å². The highest BCUT2D eigenvalue weighted by atomic mass is 32.2. The normalized spacial score (nSPS) is 21.9. The van der Waals surface area contributed by atoms with Gasteiger partial charge in [0.2, 0.25) is 10.0 Å². The summed E-state index contributed by atoms with van der Waals surface area (Å²) in [6.07, 6.45) is 2.83. The van der Waals surface area contributed by atoms with Gasteiger partial charge in [0.1, 0.15) is 5.75 Å². The molecular weight excluding hydrogens is 252 g/mol. The fourth-order valence-corrected chi connectivity index (χ4v) is 3.99. The van der Waals surface area contributed by atoms with Crippen LogP contribution in [0, 0.1) is 0 Å². The van der Waals surface area contributed by atoms with E-state index in [4.69, 9.17) is 5.73 Å². The molecule has 18 heavy (non-hydrogen) atoms. The van der Waals surface area contributed by atoms with Crippen molar-refractivity contribution in [3.63, 3.8) is 0 Å². The molecule has 1 aliphatic heterocycles. The van der Waals surface area contributed by atoms with Crippen LogP contribution in [-0.2, 0) is 10.0 Å². The van der Waals surface area contributed by atoms with E-state index in [2.05, 4.69) is 0 Å². The van der Waals surface area contributed by atoms with Crippen LogP contribution in [0.1, 0.15) is 26.2 Å². The first-order valence-electron chi connectivity index (χ1n) is 6.03. The third kappa shape index (κ3) is 2.30. The summed E-state index contributed by atoms with van der Waals surface area (Å²) in [6, 6.07) is 4.03. The molecule has 6 heteroatoms. The second kappa shape index (κ2) is 4.78. The van der Waals surface area contributed by atoms with Crippen LogP contribution in [0.15, 0.2) is 23.1 Å². The number of hydrogen-bond donors (Lipinski definition) is 2. The van der Waals surface area contributed by atoms with Crippen molar-refractivity contribution >= 4 is 15.7 Å². The molecule has 1 aromatic rings. The van der Waals surface area contributed by atoms with Gasteiger partial charge < -0.3 is 10.8 Å². The Balaban J connectivity index is 2.37. The fraction of sp³-hybridized carbons (Fsp3) is 0.500. The summed E-state index contributed by atoms with van der Waals surface area (Å²) in [4.78, 5) is 0.145. The average molecular weight is 270 g/mol. The van der Waals surface area contributed by atoms with Gasteiger partial charge >= 0.3 is 0 Å². The van der Waals surface area contributed by atoms with Crippen molar-refractivity contribution in [3.05, 3.63) is 18.2 Å². The maximum atomic E-state index is 12.4. The third-order valence-corrected chi connectivity index (χ3v) is 5.36. The number of nitrogens with zero attached hydrogens (tertiary/aromatic N) is 1. The molecule has 1 fully saturated rings. The van der Waals surface area contributed by atoms with Crippen molar-refractivity contribution in [3.8, 4) is 5.75 Å². The van der Waals surface area contributed by atoms with Crippen molar-refractivity contribution in [2.75, 3.05) is 12.3 Å². The van der Waals surface area contributed by atoms with E-state index in [0.717, 1.165) is 19.3 Å². The highest BCUT2D eigenvalue weighted by Crippen LogP contribution is 2.28. The van der Waals surface area contributed by atoms with Gasteiger partial charge in [-0.2, -0.15) is 4.31 Å². The molecule has 1 aliphatic rings. The van der Waals surface area contributed by atoms with Gasteiger partial charge in [-0.05, 0) is 38.0 Å². The Bertz CT molecular complexity index is 542. The average Bonchev–Trinajstić information content (AvgIpc) is 2.33. The predicted octanol–water partition coefficient (Wildman–Crippen LogP) is 1.54. The largest absolute Gasteiger partial charge is 0.506 e. The first kappa shape index (κ1) is 13.2. The molecule has 5 nitrogen and oxygen atoms in total. The van der Waals surface area contributed by atoms with Gasteiger partial charge in [0, 0.05) is 12.6 Å². The fourth-order valence-electron chi connectivity index (χ4n) is 2.26. The van der Waals surface area contributed by atoms with Crippen molar-refractivity contribution < 1.29 is 13.5 Å². The Labute approximate surface area is 107 Å². The molecule has 1 aromatic carbocycles. The summed E-state index contributed by atoms with van der Waals surface area (Å²) >= 11 is 0. The zero-order valence-corrected chi connectivity index (χ0v) is 11.2. The Morgan fingerprint density at radius 2 is 2.11 bits per heavy atom. The molecule has 1 unspecified atom stereocenters. The van der Waals surface area contributed by atoms with Crippen LogP contribution in [0.25, 0.3) is 0 Å². The summed E-state index contributed by atoms with van der Waals surface area (Å²) in [5.74, 6) is -0.0966. The van der Waals surface area contributed by atoms with E-state index in [-0.39, 0.29) is 22.4 Å². The van der Waals surface area contributed by atoms with Crippen LogP contribution >= 0.6 is 0 Å². The zero-order valence-electron chi connectivity index (χ0n) is 10.3. The van der Waals surface area contributed by atoms with Crippen molar-refractivity contribution in [2.24, 2.45) is 0 Å². The lowest BCUT2D eigenvalue weighted by atomic mass is 10.1. The van der Waals surface area contributed by atoms with E-state index < -0.39 is 10.0 Å². The summed E-state index contributed by atoms with van der Waals surface area (Å²) in [5.41, 5.74) is 5.63. The highest BCUT2D eigenvalue weighted by Gasteiger charge is 2.31. The zero-order chi connectivity index (χ0) is 13.3. The number of piperidine rings is 1. The topological polar surface area (TPSA) is 83.6 Å². The van der Waals surface area contributed by atoms with Crippen molar-refractivity contribution in [2.45, 2.75) is 37.1 Å². The molecule has 100 valence electrons. The standard InChI is InChI=1S/C12H18N2O3S/c1-9-4-2-3-7-14(9)18(16,17)10-5-6-12(15)11(13)8-10/h5-6,8-9,15H,2-4,7,13H2,1H3. The second-order valence-electron chi connectivity index (χ2n) is 4.68. The first-order chi connectivity index (χ1) is 8.43. The molecule has 1 heterocycles. The Hall–Kier alpha value is -1.27. The maximum absolute atomic E-state index is 12.4. The molecule has 0 aromatic heterocycles. The van der Waals surface area contributed by atoms with E-state index in [1.54, 1.807) is 0 Å². The molecule has 0 bridgehead atoms. The lowest BCUT2D eigenvalue weighted by Gasteiger charge is -2.32. The number of hydrogen-bond acceptors (Lipinski definition) is 4. The molecule has 1 saturated heterocycles. The van der Waals surface area contributed by atoms with E-state index in [9.17, 15) is 13.5 Å². The van der Waals surface area contributed by atoms with Gasteiger partial charge in [0.25, 0.3) is 0 Å². The monoisotopic (exact) mass is 270 g/mol. The highest BCUT2D eigenvalue weighted by molar-refractivity contribution is 7.89. The van der Waals surface area contributed by atoms with E-state index in [1.165, 1.54) is 22.5 Å². The Morgan fingerprint density at radius 1 is 1.39 bits per heavy atom. The van der Waals surface area contributed by atoms with Gasteiger partial charge in [-0.1, -0.05) is 6.42 Å².